The van der Waals surface area contributed by atoms with Crippen LogP contribution in [0.4, 0.5) is 0 Å². The Morgan fingerprint density at radius 1 is 1.20 bits per heavy atom. The molecule has 2 unspecified atom stereocenters. The minimum absolute atomic E-state index is 0. The van der Waals surface area contributed by atoms with Crippen molar-refractivity contribution in [2.45, 2.75) is 16.8 Å². The molecular formula is C16H15Cl2PTi. The van der Waals surface area contributed by atoms with Crippen molar-refractivity contribution in [3.8, 4) is 0 Å². The smallest absolute Gasteiger partial charge is 1.00 e. The van der Waals surface area contributed by atoms with Gasteiger partial charge in [-0.05, 0) is 0 Å². The summed E-state index contributed by atoms with van der Waals surface area (Å²) < 4.78 is 2.31. The van der Waals surface area contributed by atoms with E-state index in [0.717, 1.165) is 0 Å². The molecule has 2 aliphatic carbocycles. The number of rotatable bonds is 1. The summed E-state index contributed by atoms with van der Waals surface area (Å²) in [5.74, 6) is 0. The molecule has 0 N–H and O–H groups in total. The molecule has 0 aromatic heterocycles. The molecule has 1 aromatic carbocycles. The molecule has 0 nitrogen and oxygen atoms in total. The molecule has 3 aliphatic rings. The van der Waals surface area contributed by atoms with Gasteiger partial charge in [-0.1, -0.05) is 0 Å². The molecule has 1 heterocycles. The van der Waals surface area contributed by atoms with Crippen molar-refractivity contribution in [1.29, 1.82) is 0 Å². The Kier molecular flexibility index (Phi) is 5.05. The van der Waals surface area contributed by atoms with E-state index in [4.69, 9.17) is 0 Å². The molecule has 1 spiro atoms. The van der Waals surface area contributed by atoms with Crippen LogP contribution in [0.3, 0.4) is 0 Å². The van der Waals surface area contributed by atoms with Crippen LogP contribution in [0, 0.1) is 0 Å². The van der Waals surface area contributed by atoms with Gasteiger partial charge in [0.1, 0.15) is 0 Å². The molecule has 20 heavy (non-hydrogen) atoms. The van der Waals surface area contributed by atoms with Crippen LogP contribution in [0.2, 0.25) is 0 Å². The van der Waals surface area contributed by atoms with E-state index < -0.39 is 0 Å². The average Bonchev–Trinajstić information content (AvgIpc) is 3.05. The third-order valence-corrected chi connectivity index (χ3v) is 11.6. The Morgan fingerprint density at radius 2 is 2.00 bits per heavy atom. The van der Waals surface area contributed by atoms with E-state index >= 15 is 0 Å². The van der Waals surface area contributed by atoms with Crippen molar-refractivity contribution >= 4 is 14.0 Å². The Labute approximate surface area is 143 Å². The van der Waals surface area contributed by atoms with Gasteiger partial charge in [-0.15, -0.1) is 0 Å². The van der Waals surface area contributed by atoms with Crippen LogP contribution in [0.25, 0.3) is 6.08 Å². The predicted octanol–water partition coefficient (Wildman–Crippen LogP) is -1.36. The molecule has 0 fully saturated rings. The van der Waals surface area contributed by atoms with Gasteiger partial charge >= 0.3 is 119 Å². The second-order valence-electron chi connectivity index (χ2n) is 5.03. The van der Waals surface area contributed by atoms with Crippen LogP contribution in [0.15, 0.2) is 51.7 Å². The van der Waals surface area contributed by atoms with Gasteiger partial charge in [0.05, 0.1) is 0 Å². The molecule has 0 radical (unpaired) electrons. The van der Waals surface area contributed by atoms with Crippen LogP contribution in [-0.4, -0.2) is 6.16 Å². The Hall–Kier alpha value is 0.164. The first-order chi connectivity index (χ1) is 8.85. The van der Waals surface area contributed by atoms with Gasteiger partial charge in [0.25, 0.3) is 0 Å². The quantitative estimate of drug-likeness (QED) is 0.431. The molecule has 0 amide bonds. The average molecular weight is 357 g/mol. The summed E-state index contributed by atoms with van der Waals surface area (Å²) in [4.78, 5) is 0. The number of hydrogen-bond donors (Lipinski definition) is 0. The summed E-state index contributed by atoms with van der Waals surface area (Å²) >= 11 is -0.0229. The number of fused-ring (bicyclic) bond motifs is 2. The van der Waals surface area contributed by atoms with E-state index in [2.05, 4.69) is 55.5 Å². The Balaban J connectivity index is 0.000000735. The van der Waals surface area contributed by atoms with E-state index in [-0.39, 0.29) is 51.9 Å². The zero-order valence-electron chi connectivity index (χ0n) is 11.2. The van der Waals surface area contributed by atoms with Gasteiger partial charge in [0.2, 0.25) is 0 Å². The van der Waals surface area contributed by atoms with Crippen molar-refractivity contribution in [3.05, 3.63) is 62.8 Å². The summed E-state index contributed by atoms with van der Waals surface area (Å²) in [7, 11) is 0.00630. The van der Waals surface area contributed by atoms with Gasteiger partial charge in [0.15, 0.2) is 0 Å². The summed E-state index contributed by atoms with van der Waals surface area (Å²) in [6.07, 6.45) is 12.4. The molecule has 4 rings (SSSR count). The van der Waals surface area contributed by atoms with Crippen LogP contribution in [-0.2, 0) is 22.6 Å². The van der Waals surface area contributed by atoms with E-state index in [1.165, 1.54) is 18.1 Å². The fourth-order valence-electron chi connectivity index (χ4n) is 3.40. The summed E-state index contributed by atoms with van der Waals surface area (Å²) in [5.41, 5.74) is 3.12. The molecule has 0 saturated heterocycles. The molecule has 2 atom stereocenters. The first-order valence-corrected chi connectivity index (χ1v) is 9.68. The van der Waals surface area contributed by atoms with E-state index in [9.17, 15) is 0 Å². The maximum Gasteiger partial charge on any atom is -1.00 e. The monoisotopic (exact) mass is 356 g/mol. The topological polar surface area (TPSA) is 0 Å². The zero-order valence-corrected chi connectivity index (χ0v) is 15.2. The third-order valence-electron chi connectivity index (χ3n) is 4.16. The van der Waals surface area contributed by atoms with Crippen molar-refractivity contribution < 1.29 is 44.0 Å². The Bertz CT molecular complexity index is 621. The van der Waals surface area contributed by atoms with Gasteiger partial charge in [-0.2, -0.15) is 0 Å². The van der Waals surface area contributed by atoms with Crippen LogP contribution in [0.5, 0.6) is 0 Å². The summed E-state index contributed by atoms with van der Waals surface area (Å²) in [6.45, 7) is 2.39. The summed E-state index contributed by atoms with van der Waals surface area (Å²) in [6, 6.07) is 9.07. The van der Waals surface area contributed by atoms with Crippen LogP contribution in [0.1, 0.15) is 24.5 Å². The van der Waals surface area contributed by atoms with Gasteiger partial charge in [-0.25, -0.2) is 0 Å². The van der Waals surface area contributed by atoms with Crippen molar-refractivity contribution in [2.75, 3.05) is 6.16 Å². The number of hydrogen-bond acceptors (Lipinski definition) is 0. The SMILES string of the molecule is CCP1C2=[C](CC=C2)[Ti+2][C]12C=Cc1ccccc12.[Cl-].[Cl-]. The van der Waals surface area contributed by atoms with Crippen molar-refractivity contribution in [3.63, 3.8) is 0 Å². The largest absolute Gasteiger partial charge is 1.00 e. The minimum atomic E-state index is -0.0229. The number of halogens is 2. The fraction of sp³-hybridized carbons (Fsp3) is 0.250. The maximum absolute atomic E-state index is 2.57. The Morgan fingerprint density at radius 3 is 2.80 bits per heavy atom. The molecule has 1 aliphatic heterocycles. The van der Waals surface area contributed by atoms with E-state index in [1.54, 1.807) is 10.9 Å². The molecule has 4 heteroatoms. The van der Waals surface area contributed by atoms with Crippen LogP contribution < -0.4 is 24.8 Å². The van der Waals surface area contributed by atoms with Gasteiger partial charge in [0, 0.05) is 0 Å². The predicted molar refractivity (Wildman–Crippen MR) is 75.4 cm³/mol. The standard InChI is InChI=1S/C16H15P.2ClH.Ti/c1-2-17(14-8-4-5-9-14)16-12-11-13-7-3-6-10-15(13)16;;;/h3-4,6-8,10-12H,2,5H2,1H3;2*1H;/q;;;+2/p-2. The van der Waals surface area contributed by atoms with Gasteiger partial charge in [-0.3, -0.25) is 0 Å². The normalized spacial score (nSPS) is 27.6. The van der Waals surface area contributed by atoms with Crippen molar-refractivity contribution in [1.82, 2.24) is 0 Å². The van der Waals surface area contributed by atoms with E-state index in [1.807, 2.05) is 3.88 Å². The zero-order chi connectivity index (χ0) is 12.2. The van der Waals surface area contributed by atoms with Crippen molar-refractivity contribution in [2.24, 2.45) is 0 Å². The number of allylic oxidation sites excluding steroid dienone is 5. The molecular weight excluding hydrogens is 342 g/mol. The molecule has 102 valence electrons. The van der Waals surface area contributed by atoms with Gasteiger partial charge < -0.3 is 24.8 Å². The fourth-order valence-corrected chi connectivity index (χ4v) is 11.8. The summed E-state index contributed by atoms with van der Waals surface area (Å²) in [5, 5.41) is 1.76. The third kappa shape index (κ3) is 2.13. The first-order valence-electron chi connectivity index (χ1n) is 6.59. The van der Waals surface area contributed by atoms with E-state index in [0.29, 0.717) is 3.46 Å². The maximum atomic E-state index is 2.57. The first kappa shape index (κ1) is 16.5. The van der Waals surface area contributed by atoms with Crippen LogP contribution >= 0.6 is 7.92 Å². The molecule has 1 aromatic rings. The molecule has 0 saturated carbocycles. The second-order valence-corrected chi connectivity index (χ2v) is 10.9. The minimum Gasteiger partial charge on any atom is -1.00 e. The number of benzene rings is 1. The second kappa shape index (κ2) is 6.11. The molecule has 0 bridgehead atoms.